The summed E-state index contributed by atoms with van der Waals surface area (Å²) in [6, 6.07) is 11.2. The molecule has 0 saturated heterocycles. The van der Waals surface area contributed by atoms with Gasteiger partial charge in [-0.05, 0) is 42.5 Å². The summed E-state index contributed by atoms with van der Waals surface area (Å²) in [6.07, 6.45) is -4.41. The lowest BCUT2D eigenvalue weighted by molar-refractivity contribution is -0.137. The van der Waals surface area contributed by atoms with Gasteiger partial charge in [-0.25, -0.2) is 4.79 Å². The van der Waals surface area contributed by atoms with Crippen molar-refractivity contribution in [2.45, 2.75) is 6.18 Å². The molecule has 2 amide bonds. The number of alkyl halides is 3. The fourth-order valence-electron chi connectivity index (χ4n) is 2.11. The van der Waals surface area contributed by atoms with Crippen LogP contribution in [-0.4, -0.2) is 37.7 Å². The number of halogens is 4. The standard InChI is InChI=1S/C20H18ClF3N2O2/c1-26(12-13-28-18-9-7-17(21)8-10-18)19(27)25-11-3-5-15-4-2-6-16(14-15)20(22,23)24/h2,4,6-10,14H,11-13H2,1H3,(H,25,27). The summed E-state index contributed by atoms with van der Waals surface area (Å²) < 4.78 is 43.5. The maximum absolute atomic E-state index is 12.7. The van der Waals surface area contributed by atoms with Crippen molar-refractivity contribution in [1.29, 1.82) is 0 Å². The molecule has 0 bridgehead atoms. The Morgan fingerprint density at radius 3 is 2.61 bits per heavy atom. The van der Waals surface area contributed by atoms with Crippen molar-refractivity contribution in [2.75, 3.05) is 26.7 Å². The van der Waals surface area contributed by atoms with Gasteiger partial charge in [0.05, 0.1) is 18.7 Å². The lowest BCUT2D eigenvalue weighted by Gasteiger charge is -2.17. The highest BCUT2D eigenvalue weighted by Crippen LogP contribution is 2.29. The number of ether oxygens (including phenoxy) is 1. The lowest BCUT2D eigenvalue weighted by atomic mass is 10.1. The van der Waals surface area contributed by atoms with Crippen LogP contribution in [0.1, 0.15) is 11.1 Å². The molecule has 0 fully saturated rings. The number of benzene rings is 2. The first-order valence-corrected chi connectivity index (χ1v) is 8.67. The molecule has 0 unspecified atom stereocenters. The number of hydrogen-bond donors (Lipinski definition) is 1. The number of hydrogen-bond acceptors (Lipinski definition) is 2. The van der Waals surface area contributed by atoms with Crippen LogP contribution in [0, 0.1) is 11.8 Å². The Morgan fingerprint density at radius 2 is 1.93 bits per heavy atom. The van der Waals surface area contributed by atoms with Gasteiger partial charge in [-0.1, -0.05) is 29.5 Å². The first kappa shape index (κ1) is 21.5. The Morgan fingerprint density at radius 1 is 1.21 bits per heavy atom. The molecule has 0 heterocycles. The van der Waals surface area contributed by atoms with Crippen LogP contribution in [0.25, 0.3) is 0 Å². The van der Waals surface area contributed by atoms with E-state index in [0.29, 0.717) is 23.9 Å². The van der Waals surface area contributed by atoms with E-state index in [1.807, 2.05) is 0 Å². The molecule has 0 spiro atoms. The Bertz CT molecular complexity index is 858. The summed E-state index contributed by atoms with van der Waals surface area (Å²) in [4.78, 5) is 13.4. The molecule has 4 nitrogen and oxygen atoms in total. The summed E-state index contributed by atoms with van der Waals surface area (Å²) in [5.41, 5.74) is -0.530. The van der Waals surface area contributed by atoms with Gasteiger partial charge in [-0.15, -0.1) is 0 Å². The van der Waals surface area contributed by atoms with Crippen molar-refractivity contribution in [3.05, 3.63) is 64.7 Å². The van der Waals surface area contributed by atoms with E-state index in [1.165, 1.54) is 17.0 Å². The second kappa shape index (κ2) is 9.90. The second-order valence-electron chi connectivity index (χ2n) is 5.76. The summed E-state index contributed by atoms with van der Waals surface area (Å²) in [5.74, 6) is 5.88. The van der Waals surface area contributed by atoms with Crippen LogP contribution in [0.3, 0.4) is 0 Å². The van der Waals surface area contributed by atoms with Gasteiger partial charge < -0.3 is 15.0 Å². The van der Waals surface area contributed by atoms with E-state index in [2.05, 4.69) is 17.2 Å². The van der Waals surface area contributed by atoms with Crippen LogP contribution in [0.5, 0.6) is 5.75 Å². The molecule has 2 rings (SSSR count). The first-order valence-electron chi connectivity index (χ1n) is 8.29. The molecule has 8 heteroatoms. The smallest absolute Gasteiger partial charge is 0.416 e. The maximum atomic E-state index is 12.7. The molecule has 2 aromatic rings. The van der Waals surface area contributed by atoms with Gasteiger partial charge >= 0.3 is 12.2 Å². The minimum Gasteiger partial charge on any atom is -0.492 e. The van der Waals surface area contributed by atoms with Gasteiger partial charge in [-0.2, -0.15) is 13.2 Å². The highest BCUT2D eigenvalue weighted by molar-refractivity contribution is 6.30. The van der Waals surface area contributed by atoms with Crippen LogP contribution in [-0.2, 0) is 6.18 Å². The zero-order valence-corrected chi connectivity index (χ0v) is 15.8. The van der Waals surface area contributed by atoms with Gasteiger partial charge in [0, 0.05) is 17.6 Å². The molecule has 0 saturated carbocycles. The number of nitrogens with zero attached hydrogens (tertiary/aromatic N) is 1. The van der Waals surface area contributed by atoms with Gasteiger partial charge in [0.15, 0.2) is 0 Å². The third kappa shape index (κ3) is 7.05. The highest BCUT2D eigenvalue weighted by atomic mass is 35.5. The molecule has 28 heavy (non-hydrogen) atoms. The number of nitrogens with one attached hydrogen (secondary N) is 1. The quantitative estimate of drug-likeness (QED) is 0.741. The predicted octanol–water partition coefficient (Wildman–Crippen LogP) is 4.43. The minimum atomic E-state index is -4.41. The van der Waals surface area contributed by atoms with E-state index in [9.17, 15) is 18.0 Å². The van der Waals surface area contributed by atoms with Crippen LogP contribution < -0.4 is 10.1 Å². The van der Waals surface area contributed by atoms with Gasteiger partial charge in [0.25, 0.3) is 0 Å². The van der Waals surface area contributed by atoms with Crippen LogP contribution in [0.15, 0.2) is 48.5 Å². The second-order valence-corrected chi connectivity index (χ2v) is 6.20. The number of rotatable bonds is 5. The van der Waals surface area contributed by atoms with Crippen molar-refractivity contribution in [1.82, 2.24) is 10.2 Å². The molecule has 148 valence electrons. The number of amides is 2. The molecule has 0 atom stereocenters. The molecule has 1 N–H and O–H groups in total. The van der Waals surface area contributed by atoms with E-state index in [1.54, 1.807) is 31.3 Å². The summed E-state index contributed by atoms with van der Waals surface area (Å²) >= 11 is 5.79. The van der Waals surface area contributed by atoms with Crippen LogP contribution >= 0.6 is 11.6 Å². The van der Waals surface area contributed by atoms with Crippen molar-refractivity contribution >= 4 is 17.6 Å². The van der Waals surface area contributed by atoms with Crippen molar-refractivity contribution in [3.8, 4) is 17.6 Å². The third-order valence-corrected chi connectivity index (χ3v) is 3.86. The largest absolute Gasteiger partial charge is 0.492 e. The molecule has 0 aliphatic carbocycles. The highest BCUT2D eigenvalue weighted by Gasteiger charge is 2.30. The van der Waals surface area contributed by atoms with Crippen molar-refractivity contribution < 1.29 is 22.7 Å². The molecule has 0 aliphatic rings. The number of carbonyl (C=O) groups excluding carboxylic acids is 1. The summed E-state index contributed by atoms with van der Waals surface area (Å²) in [5, 5.41) is 3.18. The van der Waals surface area contributed by atoms with Crippen LogP contribution in [0.4, 0.5) is 18.0 Å². The van der Waals surface area contributed by atoms with Crippen molar-refractivity contribution in [3.63, 3.8) is 0 Å². The summed E-state index contributed by atoms with van der Waals surface area (Å²) in [7, 11) is 1.60. The monoisotopic (exact) mass is 410 g/mol. The Labute approximate surface area is 166 Å². The zero-order valence-electron chi connectivity index (χ0n) is 15.0. The van der Waals surface area contributed by atoms with Crippen molar-refractivity contribution in [2.24, 2.45) is 0 Å². The topological polar surface area (TPSA) is 41.6 Å². The predicted molar refractivity (Wildman–Crippen MR) is 101 cm³/mol. The molecule has 2 aromatic carbocycles. The fraction of sp³-hybridized carbons (Fsp3) is 0.250. The lowest BCUT2D eigenvalue weighted by Crippen LogP contribution is -2.39. The molecular formula is C20H18ClF3N2O2. The molecule has 0 aliphatic heterocycles. The van der Waals surface area contributed by atoms with E-state index >= 15 is 0 Å². The van der Waals surface area contributed by atoms with E-state index in [-0.39, 0.29) is 18.1 Å². The van der Waals surface area contributed by atoms with Gasteiger partial charge in [0.1, 0.15) is 12.4 Å². The average molecular weight is 411 g/mol. The molecule has 0 radical (unpaired) electrons. The van der Waals surface area contributed by atoms with Crippen LogP contribution in [0.2, 0.25) is 5.02 Å². The number of likely N-dealkylation sites (N-methyl/N-ethyl adjacent to an activating group) is 1. The molecule has 0 aromatic heterocycles. The molecular weight excluding hydrogens is 393 g/mol. The first-order chi connectivity index (χ1) is 13.3. The number of carbonyl (C=O) groups is 1. The third-order valence-electron chi connectivity index (χ3n) is 3.61. The normalized spacial score (nSPS) is 10.6. The van der Waals surface area contributed by atoms with E-state index in [0.717, 1.165) is 12.1 Å². The fourth-order valence-corrected chi connectivity index (χ4v) is 2.23. The Hall–Kier alpha value is -2.85. The Kier molecular flexibility index (Phi) is 7.59. The average Bonchev–Trinajstić information content (AvgIpc) is 2.66. The maximum Gasteiger partial charge on any atom is 0.416 e. The van der Waals surface area contributed by atoms with E-state index in [4.69, 9.17) is 16.3 Å². The van der Waals surface area contributed by atoms with E-state index < -0.39 is 11.7 Å². The zero-order chi connectivity index (χ0) is 20.6. The van der Waals surface area contributed by atoms with Gasteiger partial charge in [0.2, 0.25) is 0 Å². The van der Waals surface area contributed by atoms with Gasteiger partial charge in [-0.3, -0.25) is 0 Å². The minimum absolute atomic E-state index is 0.0114. The SMILES string of the molecule is CN(CCOc1ccc(Cl)cc1)C(=O)NCC#Cc1cccc(C(F)(F)F)c1. The Balaban J connectivity index is 1.75. The number of urea groups is 1. The summed E-state index contributed by atoms with van der Waals surface area (Å²) in [6.45, 7) is 0.647.